The van der Waals surface area contributed by atoms with Crippen molar-refractivity contribution < 1.29 is 0 Å². The first kappa shape index (κ1) is 21.7. The zero-order chi connectivity index (χ0) is 22.3. The fourth-order valence-electron chi connectivity index (χ4n) is 4.72. The fourth-order valence-corrected chi connectivity index (χ4v) is 9.08. The summed E-state index contributed by atoms with van der Waals surface area (Å²) in [5, 5.41) is 18.4. The molecule has 1 saturated heterocycles. The van der Waals surface area contributed by atoms with Crippen molar-refractivity contribution >= 4 is 34.2 Å². The van der Waals surface area contributed by atoms with Crippen LogP contribution in [0.3, 0.4) is 0 Å². The second-order valence-electron chi connectivity index (χ2n) is 8.36. The average Bonchev–Trinajstić information content (AvgIpc) is 2.91. The number of piperidine rings is 1. The van der Waals surface area contributed by atoms with Gasteiger partial charge in [-0.25, -0.2) is 0 Å². The van der Waals surface area contributed by atoms with Gasteiger partial charge in [0.05, 0.1) is 6.04 Å². The first-order chi connectivity index (χ1) is 16.4. The van der Waals surface area contributed by atoms with Crippen LogP contribution in [0, 0.1) is 0 Å². The van der Waals surface area contributed by atoms with Crippen LogP contribution >= 0.6 is 7.26 Å². The molecule has 4 aromatic carbocycles. The Kier molecular flexibility index (Phi) is 6.71. The zero-order valence-corrected chi connectivity index (χ0v) is 19.6. The van der Waals surface area contributed by atoms with Crippen molar-refractivity contribution in [3.05, 3.63) is 115 Å². The van der Waals surface area contributed by atoms with Crippen molar-refractivity contribution in [1.29, 1.82) is 0 Å². The van der Waals surface area contributed by atoms with Crippen molar-refractivity contribution in [1.82, 2.24) is 5.32 Å². The monoisotopic (exact) mass is 450 g/mol. The highest BCUT2D eigenvalue weighted by Gasteiger charge is 2.49. The van der Waals surface area contributed by atoms with Crippen LogP contribution in [0.4, 0.5) is 5.69 Å². The molecule has 0 saturated carbocycles. The molecule has 3 nitrogen and oxygen atoms in total. The van der Waals surface area contributed by atoms with Crippen molar-refractivity contribution in [2.45, 2.75) is 18.9 Å². The van der Waals surface area contributed by atoms with Gasteiger partial charge in [0.25, 0.3) is 0 Å². The Morgan fingerprint density at radius 1 is 0.576 bits per heavy atom. The second-order valence-corrected chi connectivity index (χ2v) is 11.7. The van der Waals surface area contributed by atoms with Crippen LogP contribution in [0.2, 0.25) is 0 Å². The molecule has 5 rings (SSSR count). The van der Waals surface area contributed by atoms with Gasteiger partial charge in [-0.3, -0.25) is 0 Å². The van der Waals surface area contributed by atoms with E-state index in [9.17, 15) is 0 Å². The molecule has 0 radical (unpaired) electrons. The summed E-state index contributed by atoms with van der Waals surface area (Å²) < 4.78 is 0. The summed E-state index contributed by atoms with van der Waals surface area (Å²) in [5.41, 5.74) is 0.973. The lowest BCUT2D eigenvalue weighted by Gasteiger charge is -2.28. The van der Waals surface area contributed by atoms with E-state index in [0.29, 0.717) is 0 Å². The molecule has 1 aliphatic heterocycles. The Labute approximate surface area is 197 Å². The normalized spacial score (nSPS) is 15.0. The van der Waals surface area contributed by atoms with Crippen molar-refractivity contribution in [2.75, 3.05) is 13.1 Å². The number of nitrogens with zero attached hydrogens (tertiary/aromatic N) is 2. The van der Waals surface area contributed by atoms with Crippen LogP contribution in [0.5, 0.6) is 0 Å². The number of hydrogen-bond acceptors (Lipinski definition) is 3. The summed E-state index contributed by atoms with van der Waals surface area (Å²) in [6.45, 7) is 2.03. The zero-order valence-electron chi connectivity index (χ0n) is 18.7. The summed E-state index contributed by atoms with van der Waals surface area (Å²) in [4.78, 5) is 0. The van der Waals surface area contributed by atoms with Gasteiger partial charge in [0, 0.05) is 0 Å². The molecule has 0 unspecified atom stereocenters. The maximum absolute atomic E-state index is 4.90. The van der Waals surface area contributed by atoms with Gasteiger partial charge in [-0.15, -0.1) is 0 Å². The first-order valence-corrected chi connectivity index (χ1v) is 13.4. The molecule has 4 heteroatoms. The molecular formula is C29H29N3P+. The number of azo groups is 1. The van der Waals surface area contributed by atoms with Gasteiger partial charge in [-0.2, -0.15) is 10.2 Å². The summed E-state index contributed by atoms with van der Waals surface area (Å²) in [7, 11) is -2.18. The molecule has 1 fully saturated rings. The molecular weight excluding hydrogens is 421 g/mol. The highest BCUT2D eigenvalue weighted by molar-refractivity contribution is 8.01. The number of nitrogens with one attached hydrogen (secondary N) is 1. The number of benzene rings is 4. The fraction of sp³-hybridized carbons (Fsp3) is 0.172. The van der Waals surface area contributed by atoms with Gasteiger partial charge >= 0.3 is 0 Å². The minimum absolute atomic E-state index is 0.289. The van der Waals surface area contributed by atoms with Gasteiger partial charge in [0.1, 0.15) is 34.2 Å². The summed E-state index contributed by atoms with van der Waals surface area (Å²) >= 11 is 0. The number of hydrogen-bond donors (Lipinski definition) is 1. The molecule has 1 aliphatic rings. The van der Waals surface area contributed by atoms with E-state index in [2.05, 4.69) is 121 Å². The average molecular weight is 451 g/mol. The van der Waals surface area contributed by atoms with Gasteiger partial charge in [-0.05, 0) is 74.5 Å². The van der Waals surface area contributed by atoms with E-state index >= 15 is 0 Å². The molecule has 0 atom stereocenters. The first-order valence-electron chi connectivity index (χ1n) is 11.7. The van der Waals surface area contributed by atoms with E-state index in [1.165, 1.54) is 21.2 Å². The minimum atomic E-state index is -2.18. The van der Waals surface area contributed by atoms with E-state index in [1.54, 1.807) is 0 Å². The molecule has 33 heavy (non-hydrogen) atoms. The molecule has 0 spiro atoms. The van der Waals surface area contributed by atoms with Crippen molar-refractivity contribution in [3.8, 4) is 0 Å². The van der Waals surface area contributed by atoms with Gasteiger partial charge < -0.3 is 5.32 Å². The Bertz CT molecular complexity index is 1090. The van der Waals surface area contributed by atoms with Gasteiger partial charge in [-0.1, -0.05) is 66.7 Å². The molecule has 1 heterocycles. The Morgan fingerprint density at radius 2 is 1.03 bits per heavy atom. The third-order valence-electron chi connectivity index (χ3n) is 6.31. The molecule has 0 aromatic heterocycles. The summed E-state index contributed by atoms with van der Waals surface area (Å²) in [6.07, 6.45) is 2.09. The molecule has 164 valence electrons. The van der Waals surface area contributed by atoms with Crippen LogP contribution in [-0.4, -0.2) is 19.1 Å². The lowest BCUT2D eigenvalue weighted by atomic mass is 10.1. The maximum Gasteiger partial charge on any atom is 0.146 e. The predicted molar refractivity (Wildman–Crippen MR) is 142 cm³/mol. The highest BCUT2D eigenvalue weighted by Crippen LogP contribution is 2.56. The van der Waals surface area contributed by atoms with Crippen LogP contribution in [0.15, 0.2) is 125 Å². The van der Waals surface area contributed by atoms with Crippen LogP contribution in [0.1, 0.15) is 12.8 Å². The van der Waals surface area contributed by atoms with Crippen LogP contribution in [0.25, 0.3) is 0 Å². The maximum atomic E-state index is 4.90. The summed E-state index contributed by atoms with van der Waals surface area (Å²) in [6, 6.07) is 41.7. The molecule has 0 amide bonds. The van der Waals surface area contributed by atoms with Crippen LogP contribution in [-0.2, 0) is 0 Å². The Hall–Kier alpha value is -3.13. The standard InChI is InChI=1S/C29H29N3P/c1-4-12-25(13-5-1)33(26-14-6-2-7-15-26,27-16-8-3-9-17-27)29-19-11-10-18-28(29)32-31-24-20-22-30-23-21-24/h1-19,24,30H,20-23H2/q+1. The molecule has 1 N–H and O–H groups in total. The predicted octanol–water partition coefficient (Wildman–Crippen LogP) is 5.14. The molecule has 0 bridgehead atoms. The third kappa shape index (κ3) is 4.39. The van der Waals surface area contributed by atoms with Crippen molar-refractivity contribution in [2.24, 2.45) is 10.2 Å². The van der Waals surface area contributed by atoms with E-state index in [0.717, 1.165) is 31.6 Å². The second kappa shape index (κ2) is 10.2. The highest BCUT2D eigenvalue weighted by atomic mass is 31.2. The van der Waals surface area contributed by atoms with E-state index in [4.69, 9.17) is 10.2 Å². The SMILES string of the molecule is c1ccc([P+](c2ccccc2)(c2ccccc2)c2ccccc2N=NC2CCNCC2)cc1. The molecule has 0 aliphatic carbocycles. The minimum Gasteiger partial charge on any atom is -0.317 e. The van der Waals surface area contributed by atoms with E-state index in [-0.39, 0.29) is 6.04 Å². The van der Waals surface area contributed by atoms with E-state index < -0.39 is 7.26 Å². The lowest BCUT2D eigenvalue weighted by Crippen LogP contribution is -2.38. The lowest BCUT2D eigenvalue weighted by molar-refractivity contribution is 0.448. The number of rotatable bonds is 6. The van der Waals surface area contributed by atoms with Crippen LogP contribution < -0.4 is 26.5 Å². The topological polar surface area (TPSA) is 36.8 Å². The molecule has 4 aromatic rings. The quantitative estimate of drug-likeness (QED) is 0.320. The summed E-state index contributed by atoms with van der Waals surface area (Å²) in [5.74, 6) is 0. The van der Waals surface area contributed by atoms with Crippen molar-refractivity contribution in [3.63, 3.8) is 0 Å². The van der Waals surface area contributed by atoms with Gasteiger partial charge in [0.2, 0.25) is 0 Å². The Morgan fingerprint density at radius 3 is 1.55 bits per heavy atom. The smallest absolute Gasteiger partial charge is 0.146 e. The van der Waals surface area contributed by atoms with E-state index in [1.807, 2.05) is 0 Å². The largest absolute Gasteiger partial charge is 0.317 e. The Balaban J connectivity index is 1.77. The van der Waals surface area contributed by atoms with Gasteiger partial charge in [0.15, 0.2) is 0 Å². The third-order valence-corrected chi connectivity index (χ3v) is 10.6.